The van der Waals surface area contributed by atoms with Crippen LogP contribution in [0.15, 0.2) is 12.2 Å². The second-order valence-electron chi connectivity index (χ2n) is 9.66. The smallest absolute Gasteiger partial charge is 0.333 e. The second-order valence-corrected chi connectivity index (χ2v) is 9.66. The molecular formula is C21H32O4. The van der Waals surface area contributed by atoms with Crippen molar-refractivity contribution in [3.8, 4) is 0 Å². The lowest BCUT2D eigenvalue weighted by Crippen LogP contribution is -2.63. The molecule has 0 spiro atoms. The molecule has 0 N–H and O–H groups in total. The average molecular weight is 348 g/mol. The van der Waals surface area contributed by atoms with Crippen LogP contribution in [0.4, 0.5) is 0 Å². The van der Waals surface area contributed by atoms with Crippen LogP contribution in [0.25, 0.3) is 0 Å². The van der Waals surface area contributed by atoms with Gasteiger partial charge in [0.05, 0.1) is 24.9 Å². The Bertz CT molecular complexity index is 562. The van der Waals surface area contributed by atoms with Gasteiger partial charge in [-0.15, -0.1) is 0 Å². The zero-order valence-electron chi connectivity index (χ0n) is 15.9. The van der Waals surface area contributed by atoms with Gasteiger partial charge in [-0.05, 0) is 57.3 Å². The van der Waals surface area contributed by atoms with E-state index in [9.17, 15) is 4.79 Å². The van der Waals surface area contributed by atoms with Crippen LogP contribution in [-0.4, -0.2) is 36.5 Å². The standard InChI is InChI=1S/C21H32O4/c1-5-17(19(4)12-23-13-19)24-20-7-15-6-16(8-20)10-21(9-15,11-20)25-18(22)14(2)3/h15-17H,2,5-13H2,1,3-4H3. The summed E-state index contributed by atoms with van der Waals surface area (Å²) in [6, 6.07) is 0. The molecule has 4 nitrogen and oxygen atoms in total. The summed E-state index contributed by atoms with van der Waals surface area (Å²) in [6.07, 6.45) is 7.64. The molecule has 1 aliphatic heterocycles. The maximum absolute atomic E-state index is 12.2. The Morgan fingerprint density at radius 3 is 2.28 bits per heavy atom. The fourth-order valence-corrected chi connectivity index (χ4v) is 6.27. The van der Waals surface area contributed by atoms with E-state index in [0.29, 0.717) is 17.4 Å². The van der Waals surface area contributed by atoms with Crippen molar-refractivity contribution in [2.75, 3.05) is 13.2 Å². The Hall–Kier alpha value is -0.870. The first-order valence-corrected chi connectivity index (χ1v) is 9.92. The van der Waals surface area contributed by atoms with E-state index < -0.39 is 0 Å². The highest BCUT2D eigenvalue weighted by molar-refractivity contribution is 5.87. The van der Waals surface area contributed by atoms with Crippen molar-refractivity contribution in [2.24, 2.45) is 17.3 Å². The SMILES string of the molecule is C=C(C)C(=O)OC12CC3CC(C1)CC(OC(CC)C1(C)COC1)(C3)C2. The quantitative estimate of drug-likeness (QED) is 0.537. The highest BCUT2D eigenvalue weighted by atomic mass is 16.6. The number of carbonyl (C=O) groups is 1. The van der Waals surface area contributed by atoms with Crippen LogP contribution < -0.4 is 0 Å². The number of hydrogen-bond acceptors (Lipinski definition) is 4. The van der Waals surface area contributed by atoms with Crippen LogP contribution in [-0.2, 0) is 19.0 Å². The highest BCUT2D eigenvalue weighted by Crippen LogP contribution is 2.61. The summed E-state index contributed by atoms with van der Waals surface area (Å²) in [5.41, 5.74) is 0.199. The fraction of sp³-hybridized carbons (Fsp3) is 0.857. The molecule has 4 bridgehead atoms. The van der Waals surface area contributed by atoms with E-state index in [2.05, 4.69) is 20.4 Å². The molecule has 0 aromatic rings. The Morgan fingerprint density at radius 2 is 1.80 bits per heavy atom. The van der Waals surface area contributed by atoms with E-state index in [1.54, 1.807) is 6.92 Å². The molecule has 5 fully saturated rings. The van der Waals surface area contributed by atoms with Gasteiger partial charge in [0.25, 0.3) is 0 Å². The van der Waals surface area contributed by atoms with Crippen molar-refractivity contribution in [3.05, 3.63) is 12.2 Å². The number of carbonyl (C=O) groups excluding carboxylic acids is 1. The predicted molar refractivity (Wildman–Crippen MR) is 95.1 cm³/mol. The summed E-state index contributed by atoms with van der Waals surface area (Å²) in [5.74, 6) is 1.02. The largest absolute Gasteiger partial charge is 0.456 e. The Balaban J connectivity index is 1.55. The molecule has 3 unspecified atom stereocenters. The van der Waals surface area contributed by atoms with Gasteiger partial charge in [-0.1, -0.05) is 20.4 Å². The lowest BCUT2D eigenvalue weighted by Gasteiger charge is -2.62. The third kappa shape index (κ3) is 2.95. The molecule has 0 radical (unpaired) electrons. The Morgan fingerprint density at radius 1 is 1.20 bits per heavy atom. The van der Waals surface area contributed by atoms with E-state index in [4.69, 9.17) is 14.2 Å². The molecular weight excluding hydrogens is 316 g/mol. The molecule has 0 aromatic heterocycles. The molecule has 5 aliphatic rings. The van der Waals surface area contributed by atoms with Gasteiger partial charge in [0.15, 0.2) is 0 Å². The van der Waals surface area contributed by atoms with Gasteiger partial charge >= 0.3 is 5.97 Å². The lowest BCUT2D eigenvalue weighted by atomic mass is 9.52. The molecule has 25 heavy (non-hydrogen) atoms. The van der Waals surface area contributed by atoms with Crippen LogP contribution in [0, 0.1) is 17.3 Å². The average Bonchev–Trinajstić information content (AvgIpc) is 2.48. The molecule has 4 heteroatoms. The summed E-state index contributed by atoms with van der Waals surface area (Å²) in [6.45, 7) is 11.6. The molecule has 4 aliphatic carbocycles. The van der Waals surface area contributed by atoms with Crippen LogP contribution >= 0.6 is 0 Å². The first-order chi connectivity index (χ1) is 11.8. The maximum Gasteiger partial charge on any atom is 0.333 e. The first kappa shape index (κ1) is 17.5. The number of hydrogen-bond donors (Lipinski definition) is 0. The molecule has 0 aromatic carbocycles. The number of rotatable bonds is 6. The minimum atomic E-state index is -0.324. The fourth-order valence-electron chi connectivity index (χ4n) is 6.27. The van der Waals surface area contributed by atoms with Crippen LogP contribution in [0.5, 0.6) is 0 Å². The predicted octanol–water partition coefficient (Wildman–Crippen LogP) is 4.03. The van der Waals surface area contributed by atoms with Crippen molar-refractivity contribution in [2.45, 2.75) is 83.0 Å². The second kappa shape index (κ2) is 5.82. The van der Waals surface area contributed by atoms with Gasteiger partial charge in [-0.3, -0.25) is 0 Å². The maximum atomic E-state index is 12.2. The summed E-state index contributed by atoms with van der Waals surface area (Å²) in [4.78, 5) is 12.2. The van der Waals surface area contributed by atoms with Crippen molar-refractivity contribution in [3.63, 3.8) is 0 Å². The van der Waals surface area contributed by atoms with Crippen LogP contribution in [0.2, 0.25) is 0 Å². The molecule has 1 heterocycles. The van der Waals surface area contributed by atoms with E-state index in [1.807, 2.05) is 0 Å². The van der Waals surface area contributed by atoms with Gasteiger partial charge in [0.1, 0.15) is 5.60 Å². The number of ether oxygens (including phenoxy) is 3. The monoisotopic (exact) mass is 348 g/mol. The minimum Gasteiger partial charge on any atom is -0.456 e. The molecule has 140 valence electrons. The molecule has 4 saturated carbocycles. The van der Waals surface area contributed by atoms with Gasteiger partial charge in [0.2, 0.25) is 0 Å². The van der Waals surface area contributed by atoms with E-state index in [-0.39, 0.29) is 28.7 Å². The van der Waals surface area contributed by atoms with Crippen LogP contribution in [0.1, 0.15) is 65.7 Å². The normalized spacial score (nSPS) is 41.9. The minimum absolute atomic E-state index is 0.112. The number of esters is 1. The van der Waals surface area contributed by atoms with Crippen molar-refractivity contribution in [1.82, 2.24) is 0 Å². The van der Waals surface area contributed by atoms with Gasteiger partial charge in [0, 0.05) is 17.4 Å². The Labute approximate surface area is 151 Å². The van der Waals surface area contributed by atoms with Gasteiger partial charge < -0.3 is 14.2 Å². The third-order valence-electron chi connectivity index (χ3n) is 7.02. The van der Waals surface area contributed by atoms with Gasteiger partial charge in [-0.2, -0.15) is 0 Å². The summed E-state index contributed by atoms with van der Waals surface area (Å²) >= 11 is 0. The highest BCUT2D eigenvalue weighted by Gasteiger charge is 2.61. The zero-order valence-corrected chi connectivity index (χ0v) is 15.9. The van der Waals surface area contributed by atoms with E-state index in [1.165, 1.54) is 6.42 Å². The van der Waals surface area contributed by atoms with E-state index in [0.717, 1.165) is 51.7 Å². The molecule has 1 saturated heterocycles. The zero-order chi connectivity index (χ0) is 17.9. The summed E-state index contributed by atoms with van der Waals surface area (Å²) < 4.78 is 18.4. The Kier molecular flexibility index (Phi) is 4.08. The summed E-state index contributed by atoms with van der Waals surface area (Å²) in [7, 11) is 0. The van der Waals surface area contributed by atoms with Crippen LogP contribution in [0.3, 0.4) is 0 Å². The van der Waals surface area contributed by atoms with Crippen molar-refractivity contribution in [1.29, 1.82) is 0 Å². The lowest BCUT2D eigenvalue weighted by molar-refractivity contribution is -0.275. The topological polar surface area (TPSA) is 44.8 Å². The van der Waals surface area contributed by atoms with E-state index >= 15 is 0 Å². The summed E-state index contributed by atoms with van der Waals surface area (Å²) in [5, 5.41) is 0. The molecule has 3 atom stereocenters. The van der Waals surface area contributed by atoms with Crippen molar-refractivity contribution >= 4 is 5.97 Å². The molecule has 0 amide bonds. The molecule has 5 rings (SSSR count). The van der Waals surface area contributed by atoms with Crippen molar-refractivity contribution < 1.29 is 19.0 Å². The third-order valence-corrected chi connectivity index (χ3v) is 7.02. The van der Waals surface area contributed by atoms with Gasteiger partial charge in [-0.25, -0.2) is 4.79 Å². The first-order valence-electron chi connectivity index (χ1n) is 9.92.